The van der Waals surface area contributed by atoms with Gasteiger partial charge in [-0.1, -0.05) is 74.5 Å². The molecule has 0 saturated heterocycles. The van der Waals surface area contributed by atoms with Gasteiger partial charge in [0.2, 0.25) is 35.4 Å². The van der Waals surface area contributed by atoms with E-state index in [4.69, 9.17) is 17.2 Å². The van der Waals surface area contributed by atoms with Crippen molar-refractivity contribution in [1.82, 2.24) is 31.5 Å². The van der Waals surface area contributed by atoms with Gasteiger partial charge in [0.25, 0.3) is 0 Å². The molecule has 18 nitrogen and oxygen atoms in total. The van der Waals surface area contributed by atoms with Gasteiger partial charge in [-0.3, -0.25) is 33.8 Å². The summed E-state index contributed by atoms with van der Waals surface area (Å²) >= 11 is 0. The Bertz CT molecular complexity index is 1830. The van der Waals surface area contributed by atoms with E-state index in [1.165, 1.54) is 18.9 Å². The number of sulfone groups is 1. The summed E-state index contributed by atoms with van der Waals surface area (Å²) in [6.07, 6.45) is 2.25. The van der Waals surface area contributed by atoms with Crippen molar-refractivity contribution >= 4 is 51.2 Å². The van der Waals surface area contributed by atoms with Crippen LogP contribution in [0.1, 0.15) is 57.6 Å². The van der Waals surface area contributed by atoms with Crippen molar-refractivity contribution in [2.45, 2.75) is 89.5 Å². The molecule has 0 saturated carbocycles. The molecular formula is C40H62N10O8S. The molecule has 0 unspecified atom stereocenters. The Hall–Kier alpha value is -5.56. The average Bonchev–Trinajstić information content (AvgIpc) is 3.15. The van der Waals surface area contributed by atoms with E-state index in [1.807, 2.05) is 74.5 Å². The van der Waals surface area contributed by atoms with Crippen molar-refractivity contribution in [2.24, 2.45) is 28.1 Å². The number of rotatable bonds is 26. The molecule has 2 rings (SSSR count). The van der Waals surface area contributed by atoms with Crippen molar-refractivity contribution in [2.75, 3.05) is 38.7 Å². The predicted octanol–water partition coefficient (Wildman–Crippen LogP) is -1.13. The lowest BCUT2D eigenvalue weighted by atomic mass is 10.0. The summed E-state index contributed by atoms with van der Waals surface area (Å²) in [6.45, 7) is 4.95. The Kier molecular flexibility index (Phi) is 21.0. The van der Waals surface area contributed by atoms with Crippen LogP contribution in [-0.4, -0.2) is 124 Å². The third kappa shape index (κ3) is 20.6. The first-order chi connectivity index (χ1) is 27.7. The molecular weight excluding hydrogens is 781 g/mol. The third-order valence-corrected chi connectivity index (χ3v) is 10.0. The van der Waals surface area contributed by atoms with Crippen LogP contribution >= 0.6 is 0 Å². The van der Waals surface area contributed by atoms with Crippen molar-refractivity contribution in [3.8, 4) is 0 Å². The molecule has 59 heavy (non-hydrogen) atoms. The van der Waals surface area contributed by atoms with Gasteiger partial charge in [0, 0.05) is 39.4 Å². The zero-order valence-electron chi connectivity index (χ0n) is 34.6. The Morgan fingerprint density at radius 1 is 0.746 bits per heavy atom. The number of nitrogens with zero attached hydrogens (tertiary/aromatic N) is 2. The highest BCUT2D eigenvalue weighted by Gasteiger charge is 2.30. The van der Waals surface area contributed by atoms with Gasteiger partial charge in [0.1, 0.15) is 28.0 Å². The Morgan fingerprint density at radius 2 is 1.32 bits per heavy atom. The van der Waals surface area contributed by atoms with Crippen LogP contribution < -0.4 is 43.8 Å². The highest BCUT2D eigenvalue weighted by atomic mass is 32.2. The maximum Gasteiger partial charge on any atom is 0.243 e. The second-order valence-electron chi connectivity index (χ2n) is 15.1. The molecule has 0 spiro atoms. The second kappa shape index (κ2) is 25.0. The van der Waals surface area contributed by atoms with E-state index in [2.05, 4.69) is 31.6 Å². The number of primary amides is 1. The molecule has 0 fully saturated rings. The standard InChI is InChI=1S/C40H62N10O8S/c1-26(2)21-33(38(55)49-31(36(41)53)18-20-59(5,57)58)48-35(52)25-50(4)39(56)34(23-29-15-10-7-11-16-29)45-24-30(22-28-13-8-6-9-14-28)47-37(54)32(46-27(3)51)17-12-19-44-40(42)43/h6-11,13-16,26,30-34,45H,12,17-25H2,1-5H3,(H2,41,53)(H,46,51)(H,47,54)(H,48,52)(H,49,55)(H4,42,43,44)/t30-,31-,32-,33-,34-/m0/s1. The summed E-state index contributed by atoms with van der Waals surface area (Å²) in [5.41, 5.74) is 18.0. The van der Waals surface area contributed by atoms with Gasteiger partial charge in [0.15, 0.2) is 5.96 Å². The molecule has 0 bridgehead atoms. The molecule has 11 N–H and O–H groups in total. The van der Waals surface area contributed by atoms with Crippen LogP contribution in [0.5, 0.6) is 0 Å². The fraction of sp³-hybridized carbons (Fsp3) is 0.525. The van der Waals surface area contributed by atoms with Crippen molar-refractivity contribution in [1.29, 1.82) is 0 Å². The Balaban J connectivity index is 2.28. The molecule has 0 aliphatic heterocycles. The molecule has 0 aromatic heterocycles. The van der Waals surface area contributed by atoms with Crippen LogP contribution in [0.2, 0.25) is 0 Å². The second-order valence-corrected chi connectivity index (χ2v) is 17.3. The van der Waals surface area contributed by atoms with Crippen molar-refractivity contribution in [3.05, 3.63) is 71.8 Å². The minimum absolute atomic E-state index is 0.0737. The molecule has 0 heterocycles. The van der Waals surface area contributed by atoms with E-state index in [-0.39, 0.29) is 62.3 Å². The molecule has 0 aliphatic rings. The zero-order chi connectivity index (χ0) is 44.1. The lowest BCUT2D eigenvalue weighted by Crippen LogP contribution is -2.56. The van der Waals surface area contributed by atoms with Crippen LogP contribution in [-0.2, 0) is 51.4 Å². The zero-order valence-corrected chi connectivity index (χ0v) is 35.4. The highest BCUT2D eigenvalue weighted by molar-refractivity contribution is 7.90. The summed E-state index contributed by atoms with van der Waals surface area (Å²) < 4.78 is 23.4. The van der Waals surface area contributed by atoms with Gasteiger partial charge in [0.05, 0.1) is 18.3 Å². The molecule has 5 atom stereocenters. The van der Waals surface area contributed by atoms with E-state index in [0.29, 0.717) is 12.8 Å². The summed E-state index contributed by atoms with van der Waals surface area (Å²) in [5.74, 6) is -4.08. The van der Waals surface area contributed by atoms with Gasteiger partial charge in [-0.15, -0.1) is 0 Å². The number of carbonyl (C=O) groups is 6. The molecule has 2 aromatic carbocycles. The Labute approximate surface area is 347 Å². The quantitative estimate of drug-likeness (QED) is 0.0319. The number of likely N-dealkylation sites (N-methyl/N-ethyl adjacent to an activating group) is 1. The number of benzene rings is 2. The number of nitrogens with two attached hydrogens (primary N) is 3. The highest BCUT2D eigenvalue weighted by Crippen LogP contribution is 2.11. The molecule has 326 valence electrons. The predicted molar refractivity (Wildman–Crippen MR) is 226 cm³/mol. The summed E-state index contributed by atoms with van der Waals surface area (Å²) in [5, 5.41) is 14.2. The lowest BCUT2D eigenvalue weighted by Gasteiger charge is -2.29. The maximum absolute atomic E-state index is 14.1. The lowest BCUT2D eigenvalue weighted by molar-refractivity contribution is -0.137. The largest absolute Gasteiger partial charge is 0.370 e. The van der Waals surface area contributed by atoms with Gasteiger partial charge in [-0.2, -0.15) is 0 Å². The monoisotopic (exact) mass is 842 g/mol. The molecule has 19 heteroatoms. The van der Waals surface area contributed by atoms with E-state index in [0.717, 1.165) is 17.4 Å². The molecule has 0 aliphatic carbocycles. The van der Waals surface area contributed by atoms with Gasteiger partial charge >= 0.3 is 0 Å². The first-order valence-electron chi connectivity index (χ1n) is 19.5. The molecule has 0 radical (unpaired) electrons. The third-order valence-electron chi connectivity index (χ3n) is 9.06. The van der Waals surface area contributed by atoms with E-state index in [1.54, 1.807) is 0 Å². The number of amides is 6. The summed E-state index contributed by atoms with van der Waals surface area (Å²) in [7, 11) is -2.00. The fourth-order valence-corrected chi connectivity index (χ4v) is 6.83. The minimum atomic E-state index is -3.45. The van der Waals surface area contributed by atoms with E-state index in [9.17, 15) is 37.2 Å². The van der Waals surface area contributed by atoms with Gasteiger partial charge in [-0.05, 0) is 55.6 Å². The number of hydrogen-bond acceptors (Lipinski definition) is 10. The number of carbonyl (C=O) groups excluding carboxylic acids is 6. The van der Waals surface area contributed by atoms with Gasteiger partial charge < -0.3 is 48.7 Å². The number of guanidine groups is 1. The minimum Gasteiger partial charge on any atom is -0.370 e. The molecule has 2 aromatic rings. The number of hydrogen-bond donors (Lipinski definition) is 8. The van der Waals surface area contributed by atoms with Crippen LogP contribution in [0.25, 0.3) is 0 Å². The normalized spacial score (nSPS) is 13.8. The van der Waals surface area contributed by atoms with E-state index >= 15 is 0 Å². The first-order valence-corrected chi connectivity index (χ1v) is 21.6. The SMILES string of the molecule is CC(=O)N[C@@H](CCCN=C(N)N)C(=O)N[C@H](CN[C@@H](Cc1ccccc1)C(=O)N(C)CC(=O)N[C@@H](CC(C)C)C(=O)N[C@@H](CCS(C)(=O)=O)C(N)=O)Cc1ccccc1. The average molecular weight is 843 g/mol. The van der Waals surface area contributed by atoms with Crippen LogP contribution in [0.4, 0.5) is 0 Å². The van der Waals surface area contributed by atoms with Crippen LogP contribution in [0.15, 0.2) is 65.7 Å². The fourth-order valence-electron chi connectivity index (χ4n) is 6.17. The van der Waals surface area contributed by atoms with Gasteiger partial charge in [-0.25, -0.2) is 8.42 Å². The summed E-state index contributed by atoms with van der Waals surface area (Å²) in [4.78, 5) is 83.7. The van der Waals surface area contributed by atoms with Crippen LogP contribution in [0.3, 0.4) is 0 Å². The van der Waals surface area contributed by atoms with E-state index < -0.39 is 76.1 Å². The molecule has 6 amide bonds. The maximum atomic E-state index is 14.1. The van der Waals surface area contributed by atoms with Crippen molar-refractivity contribution in [3.63, 3.8) is 0 Å². The van der Waals surface area contributed by atoms with Crippen molar-refractivity contribution < 1.29 is 37.2 Å². The number of nitrogens with one attached hydrogen (secondary N) is 5. The number of aliphatic imine (C=N–C) groups is 1. The topological polar surface area (TPSA) is 290 Å². The summed E-state index contributed by atoms with van der Waals surface area (Å²) in [6, 6.07) is 14.0. The van der Waals surface area contributed by atoms with Crippen LogP contribution in [0, 0.1) is 5.92 Å². The first kappa shape index (κ1) is 49.6. The smallest absolute Gasteiger partial charge is 0.243 e. The Morgan fingerprint density at radius 3 is 1.85 bits per heavy atom.